The Morgan fingerprint density at radius 3 is 1.40 bits per heavy atom. The van der Waals surface area contributed by atoms with E-state index >= 15 is 0 Å². The van der Waals surface area contributed by atoms with Gasteiger partial charge >= 0.3 is 0 Å². The summed E-state index contributed by atoms with van der Waals surface area (Å²) in [7, 11) is 0. The summed E-state index contributed by atoms with van der Waals surface area (Å²) in [6, 6.07) is 0. The van der Waals surface area contributed by atoms with Gasteiger partial charge in [0.25, 0.3) is 0 Å². The second kappa shape index (κ2) is 4.88. The van der Waals surface area contributed by atoms with Crippen LogP contribution >= 0.6 is 11.8 Å². The van der Waals surface area contributed by atoms with Gasteiger partial charge in [0.2, 0.25) is 23.6 Å². The lowest BCUT2D eigenvalue weighted by molar-refractivity contribution is -0.132. The van der Waals surface area contributed by atoms with Crippen LogP contribution in [-0.4, -0.2) is 28.0 Å². The highest BCUT2D eigenvalue weighted by Gasteiger charge is 2.26. The lowest BCUT2D eigenvalue weighted by atomic mass is 10.4. The molecule has 0 aromatic rings. The number of carbonyl (C=O) groups excluding carboxylic acids is 4. The van der Waals surface area contributed by atoms with Gasteiger partial charge < -0.3 is 0 Å². The Labute approximate surface area is 90.7 Å². The van der Waals surface area contributed by atoms with Crippen molar-refractivity contribution in [1.82, 2.24) is 9.74 Å². The van der Waals surface area contributed by atoms with Crippen LogP contribution in [0.3, 0.4) is 0 Å². The van der Waals surface area contributed by atoms with Crippen molar-refractivity contribution in [2.75, 3.05) is 0 Å². The molecule has 2 aliphatic heterocycles. The van der Waals surface area contributed by atoms with E-state index < -0.39 is 0 Å². The van der Waals surface area contributed by atoms with Gasteiger partial charge in [0.05, 0.1) is 0 Å². The quantitative estimate of drug-likeness (QED) is 0.460. The van der Waals surface area contributed by atoms with Crippen LogP contribution in [0.1, 0.15) is 25.7 Å². The van der Waals surface area contributed by atoms with E-state index in [1.807, 2.05) is 0 Å². The van der Waals surface area contributed by atoms with Crippen molar-refractivity contribution in [2.24, 2.45) is 0 Å². The zero-order chi connectivity index (χ0) is 11.4. The molecular weight excluding hydrogens is 224 g/mol. The molecule has 4 amide bonds. The molecule has 0 unspecified atom stereocenters. The van der Waals surface area contributed by atoms with Gasteiger partial charge in [-0.15, -0.1) is 0 Å². The van der Waals surface area contributed by atoms with E-state index in [0.29, 0.717) is 17.3 Å². The molecular formula is C8H9ClN2O4. The number of halogens is 1. The minimum atomic E-state index is -0.295. The smallest absolute Gasteiger partial charge is 0.244 e. The Balaban J connectivity index is 0.000000151. The first-order chi connectivity index (χ1) is 7.00. The van der Waals surface area contributed by atoms with Gasteiger partial charge in [-0.3, -0.25) is 24.5 Å². The number of hydrogen-bond donors (Lipinski definition) is 1. The van der Waals surface area contributed by atoms with Crippen LogP contribution in [0.15, 0.2) is 0 Å². The van der Waals surface area contributed by atoms with Crippen molar-refractivity contribution in [1.29, 1.82) is 0 Å². The normalized spacial score (nSPS) is 20.2. The highest BCUT2D eigenvalue weighted by atomic mass is 35.5. The molecule has 7 heteroatoms. The molecule has 0 radical (unpaired) electrons. The Hall–Kier alpha value is -1.43. The van der Waals surface area contributed by atoms with Crippen molar-refractivity contribution >= 4 is 35.4 Å². The van der Waals surface area contributed by atoms with Gasteiger partial charge in [-0.25, -0.2) is 0 Å². The minimum absolute atomic E-state index is 0.148. The van der Waals surface area contributed by atoms with Gasteiger partial charge in [-0.05, 0) is 0 Å². The third kappa shape index (κ3) is 3.32. The maximum Gasteiger partial charge on any atom is 0.244 e. The van der Waals surface area contributed by atoms with Crippen LogP contribution in [0.5, 0.6) is 0 Å². The predicted molar refractivity (Wildman–Crippen MR) is 49.3 cm³/mol. The zero-order valence-corrected chi connectivity index (χ0v) is 8.54. The molecule has 0 aromatic heterocycles. The monoisotopic (exact) mass is 232 g/mol. The number of rotatable bonds is 0. The van der Waals surface area contributed by atoms with E-state index in [0.717, 1.165) is 0 Å². The van der Waals surface area contributed by atoms with Crippen molar-refractivity contribution in [2.45, 2.75) is 25.7 Å². The number of nitrogens with zero attached hydrogens (tertiary/aromatic N) is 1. The highest BCUT2D eigenvalue weighted by molar-refractivity contribution is 6.32. The average Bonchev–Trinajstić information content (AvgIpc) is 2.68. The van der Waals surface area contributed by atoms with Gasteiger partial charge in [-0.2, -0.15) is 4.42 Å². The lowest BCUT2D eigenvalue weighted by Gasteiger charge is -1.96. The number of imide groups is 2. The fourth-order valence-corrected chi connectivity index (χ4v) is 1.23. The van der Waals surface area contributed by atoms with Crippen molar-refractivity contribution < 1.29 is 19.2 Å². The average molecular weight is 233 g/mol. The number of amides is 4. The van der Waals surface area contributed by atoms with E-state index in [1.54, 1.807) is 0 Å². The molecule has 82 valence electrons. The molecule has 0 saturated carbocycles. The highest BCUT2D eigenvalue weighted by Crippen LogP contribution is 2.12. The molecule has 2 fully saturated rings. The third-order valence-electron chi connectivity index (χ3n) is 1.85. The molecule has 2 aliphatic rings. The van der Waals surface area contributed by atoms with Crippen molar-refractivity contribution in [3.05, 3.63) is 0 Å². The fourth-order valence-electron chi connectivity index (χ4n) is 1.06. The molecule has 2 saturated heterocycles. The molecule has 6 nitrogen and oxygen atoms in total. The van der Waals surface area contributed by atoms with Crippen molar-refractivity contribution in [3.63, 3.8) is 0 Å². The van der Waals surface area contributed by atoms with Crippen LogP contribution in [0, 0.1) is 0 Å². The zero-order valence-electron chi connectivity index (χ0n) is 7.79. The molecule has 0 spiro atoms. The Morgan fingerprint density at radius 1 is 0.867 bits per heavy atom. The number of carbonyl (C=O) groups is 4. The first kappa shape index (κ1) is 11.6. The number of nitrogens with one attached hydrogen (secondary N) is 1. The van der Waals surface area contributed by atoms with E-state index in [9.17, 15) is 19.2 Å². The first-order valence-electron chi connectivity index (χ1n) is 4.35. The van der Waals surface area contributed by atoms with E-state index in [2.05, 4.69) is 5.32 Å². The van der Waals surface area contributed by atoms with Crippen LogP contribution in [0.25, 0.3) is 0 Å². The lowest BCUT2D eigenvalue weighted by Crippen LogP contribution is -2.18. The van der Waals surface area contributed by atoms with Crippen LogP contribution in [-0.2, 0) is 19.2 Å². The van der Waals surface area contributed by atoms with Gasteiger partial charge in [0, 0.05) is 37.5 Å². The van der Waals surface area contributed by atoms with E-state index in [1.165, 1.54) is 0 Å². The maximum atomic E-state index is 10.4. The predicted octanol–water partition coefficient (Wildman–Crippen LogP) is -0.288. The minimum Gasteiger partial charge on any atom is -0.296 e. The number of hydrogen-bond acceptors (Lipinski definition) is 4. The van der Waals surface area contributed by atoms with Crippen LogP contribution in [0.4, 0.5) is 0 Å². The molecule has 2 heterocycles. The Kier molecular flexibility index (Phi) is 3.79. The largest absolute Gasteiger partial charge is 0.296 e. The van der Waals surface area contributed by atoms with Gasteiger partial charge in [-0.1, -0.05) is 0 Å². The van der Waals surface area contributed by atoms with Crippen molar-refractivity contribution in [3.8, 4) is 0 Å². The summed E-state index contributed by atoms with van der Waals surface area (Å²) in [5, 5.41) is 2.14. The van der Waals surface area contributed by atoms with Gasteiger partial charge in [0.1, 0.15) is 0 Å². The molecule has 15 heavy (non-hydrogen) atoms. The summed E-state index contributed by atoms with van der Waals surface area (Å²) in [4.78, 5) is 41.0. The Bertz CT molecular complexity index is 299. The summed E-state index contributed by atoms with van der Waals surface area (Å²) in [5.74, 6) is -0.886. The SMILES string of the molecule is O=C1CCC(=O)N1.O=C1CCC(=O)N1Cl. The summed E-state index contributed by atoms with van der Waals surface area (Å²) in [5.41, 5.74) is 0. The summed E-state index contributed by atoms with van der Waals surface area (Å²) in [6.45, 7) is 0. The Morgan fingerprint density at radius 2 is 1.27 bits per heavy atom. The molecule has 2 rings (SSSR count). The molecule has 0 atom stereocenters. The maximum absolute atomic E-state index is 10.4. The molecule has 0 bridgehead atoms. The topological polar surface area (TPSA) is 83.5 Å². The molecule has 1 N–H and O–H groups in total. The molecule has 0 aliphatic carbocycles. The fraction of sp³-hybridized carbons (Fsp3) is 0.500. The first-order valence-corrected chi connectivity index (χ1v) is 4.69. The van der Waals surface area contributed by atoms with Crippen LogP contribution < -0.4 is 5.32 Å². The molecule has 0 aromatic carbocycles. The summed E-state index contributed by atoms with van der Waals surface area (Å²) >= 11 is 5.15. The summed E-state index contributed by atoms with van der Waals surface area (Å²) < 4.78 is 0.639. The summed E-state index contributed by atoms with van der Waals surface area (Å²) in [6.07, 6.45) is 1.28. The second-order valence-corrected chi connectivity index (χ2v) is 3.38. The van der Waals surface area contributed by atoms with Gasteiger partial charge in [0.15, 0.2) is 0 Å². The second-order valence-electron chi connectivity index (χ2n) is 3.04. The standard InChI is InChI=1S/C4H4ClNO2.C4H5NO2/c5-6-3(7)1-2-4(6)8;6-3-1-2-4(7)5-3/h1-2H2;1-2H2,(H,5,6,7). The van der Waals surface area contributed by atoms with Crippen LogP contribution in [0.2, 0.25) is 0 Å². The van der Waals surface area contributed by atoms with E-state index in [4.69, 9.17) is 11.8 Å². The third-order valence-corrected chi connectivity index (χ3v) is 2.23. The van der Waals surface area contributed by atoms with E-state index in [-0.39, 0.29) is 36.5 Å².